The molecule has 0 aliphatic heterocycles. The lowest BCUT2D eigenvalue weighted by Gasteiger charge is -2.13. The number of pyridine rings is 1. The van der Waals surface area contributed by atoms with Crippen molar-refractivity contribution >= 4 is 32.9 Å². The van der Waals surface area contributed by atoms with Crippen LogP contribution in [0, 0.1) is 0 Å². The maximum atomic E-state index is 12.3. The summed E-state index contributed by atoms with van der Waals surface area (Å²) >= 11 is 1.28. The van der Waals surface area contributed by atoms with Gasteiger partial charge in [-0.05, 0) is 44.0 Å². The lowest BCUT2D eigenvalue weighted by molar-refractivity contribution is 0.603. The molecule has 0 aliphatic rings. The van der Waals surface area contributed by atoms with E-state index in [-0.39, 0.29) is 0 Å². The van der Waals surface area contributed by atoms with E-state index in [0.717, 1.165) is 23.4 Å². The fourth-order valence-corrected chi connectivity index (χ4v) is 4.11. The average molecular weight is 339 g/mol. The van der Waals surface area contributed by atoms with Crippen LogP contribution in [0.1, 0.15) is 32.1 Å². The molecule has 0 fully saturated rings. The molecule has 0 saturated heterocycles. The van der Waals surface area contributed by atoms with Gasteiger partial charge in [-0.3, -0.25) is 4.72 Å². The SMILES string of the molecule is CCc1ccc(S(=O)(=O)Nc2ccc(NC(C)CC)cn2)s1. The topological polar surface area (TPSA) is 71.1 Å². The molecule has 2 aromatic rings. The summed E-state index contributed by atoms with van der Waals surface area (Å²) < 4.78 is 27.4. The number of nitrogens with one attached hydrogen (secondary N) is 2. The predicted octanol–water partition coefficient (Wildman–Crippen LogP) is 3.72. The van der Waals surface area contributed by atoms with Crippen LogP contribution >= 0.6 is 11.3 Å². The van der Waals surface area contributed by atoms with E-state index in [4.69, 9.17) is 0 Å². The maximum Gasteiger partial charge on any atom is 0.272 e. The summed E-state index contributed by atoms with van der Waals surface area (Å²) in [6.07, 6.45) is 3.47. The second-order valence-electron chi connectivity index (χ2n) is 5.07. The van der Waals surface area contributed by atoms with Gasteiger partial charge in [-0.1, -0.05) is 13.8 Å². The lowest BCUT2D eigenvalue weighted by atomic mass is 10.2. The number of aromatic nitrogens is 1. The first-order chi connectivity index (χ1) is 10.4. The van der Waals surface area contributed by atoms with Crippen LogP contribution in [-0.4, -0.2) is 19.4 Å². The first-order valence-electron chi connectivity index (χ1n) is 7.28. The van der Waals surface area contributed by atoms with Gasteiger partial charge >= 0.3 is 0 Å². The minimum Gasteiger partial charge on any atom is -0.381 e. The van der Waals surface area contributed by atoms with E-state index in [1.165, 1.54) is 11.3 Å². The van der Waals surface area contributed by atoms with Gasteiger partial charge in [-0.15, -0.1) is 11.3 Å². The Morgan fingerprint density at radius 1 is 1.23 bits per heavy atom. The predicted molar refractivity (Wildman–Crippen MR) is 92.1 cm³/mol. The number of nitrogens with zero attached hydrogens (tertiary/aromatic N) is 1. The average Bonchev–Trinajstić information content (AvgIpc) is 2.99. The van der Waals surface area contributed by atoms with Crippen molar-refractivity contribution in [3.8, 4) is 0 Å². The Hall–Kier alpha value is -1.60. The molecule has 5 nitrogen and oxygen atoms in total. The minimum atomic E-state index is -3.56. The molecule has 1 atom stereocenters. The van der Waals surface area contributed by atoms with Crippen molar-refractivity contribution in [2.45, 2.75) is 43.9 Å². The monoisotopic (exact) mass is 339 g/mol. The summed E-state index contributed by atoms with van der Waals surface area (Å²) in [5.74, 6) is 0.321. The molecule has 0 bridgehead atoms. The van der Waals surface area contributed by atoms with Crippen LogP contribution in [0.2, 0.25) is 0 Å². The zero-order valence-corrected chi connectivity index (χ0v) is 14.6. The first kappa shape index (κ1) is 16.8. The molecular formula is C15H21N3O2S2. The summed E-state index contributed by atoms with van der Waals surface area (Å²) in [6, 6.07) is 7.30. The van der Waals surface area contributed by atoms with Crippen molar-refractivity contribution in [2.75, 3.05) is 10.0 Å². The smallest absolute Gasteiger partial charge is 0.272 e. The maximum absolute atomic E-state index is 12.3. The zero-order valence-electron chi connectivity index (χ0n) is 13.0. The van der Waals surface area contributed by atoms with Crippen molar-refractivity contribution < 1.29 is 8.42 Å². The normalized spacial score (nSPS) is 12.9. The highest BCUT2D eigenvalue weighted by molar-refractivity contribution is 7.94. The second kappa shape index (κ2) is 7.11. The zero-order chi connectivity index (χ0) is 16.2. The van der Waals surface area contributed by atoms with Gasteiger partial charge in [0, 0.05) is 10.9 Å². The van der Waals surface area contributed by atoms with Crippen LogP contribution in [-0.2, 0) is 16.4 Å². The molecule has 0 amide bonds. The van der Waals surface area contributed by atoms with E-state index in [2.05, 4.69) is 28.9 Å². The lowest BCUT2D eigenvalue weighted by Crippen LogP contribution is -2.15. The van der Waals surface area contributed by atoms with Gasteiger partial charge in [0.2, 0.25) is 0 Å². The second-order valence-corrected chi connectivity index (χ2v) is 8.14. The molecule has 2 aromatic heterocycles. The molecule has 7 heteroatoms. The fraction of sp³-hybridized carbons (Fsp3) is 0.400. The summed E-state index contributed by atoms with van der Waals surface area (Å²) in [5, 5.41) is 3.29. The summed E-state index contributed by atoms with van der Waals surface area (Å²) in [4.78, 5) is 5.20. The van der Waals surface area contributed by atoms with Crippen molar-refractivity contribution in [2.24, 2.45) is 0 Å². The molecule has 22 heavy (non-hydrogen) atoms. The third-order valence-corrected chi connectivity index (χ3v) is 6.35. The van der Waals surface area contributed by atoms with Crippen molar-refractivity contribution in [1.82, 2.24) is 4.98 Å². The van der Waals surface area contributed by atoms with Gasteiger partial charge in [0.25, 0.3) is 10.0 Å². The molecule has 2 rings (SSSR count). The first-order valence-corrected chi connectivity index (χ1v) is 9.58. The number of aryl methyl sites for hydroxylation is 1. The van der Waals surface area contributed by atoms with Crippen LogP contribution in [0.15, 0.2) is 34.7 Å². The molecule has 0 radical (unpaired) electrons. The molecule has 0 aliphatic carbocycles. The van der Waals surface area contributed by atoms with Crippen LogP contribution in [0.4, 0.5) is 11.5 Å². The molecule has 1 unspecified atom stereocenters. The molecule has 2 heterocycles. The third kappa shape index (κ3) is 4.20. The molecular weight excluding hydrogens is 318 g/mol. The summed E-state index contributed by atoms with van der Waals surface area (Å²) in [5.41, 5.74) is 0.877. The third-order valence-electron chi connectivity index (χ3n) is 3.28. The van der Waals surface area contributed by atoms with Crippen LogP contribution in [0.5, 0.6) is 0 Å². The number of sulfonamides is 1. The van der Waals surface area contributed by atoms with Crippen molar-refractivity contribution in [1.29, 1.82) is 0 Å². The highest BCUT2D eigenvalue weighted by Gasteiger charge is 2.17. The highest BCUT2D eigenvalue weighted by Crippen LogP contribution is 2.24. The van der Waals surface area contributed by atoms with E-state index in [1.54, 1.807) is 18.3 Å². The highest BCUT2D eigenvalue weighted by atomic mass is 32.2. The number of hydrogen-bond acceptors (Lipinski definition) is 5. The summed E-state index contributed by atoms with van der Waals surface area (Å²) in [7, 11) is -3.56. The molecule has 0 saturated carbocycles. The van der Waals surface area contributed by atoms with E-state index in [0.29, 0.717) is 16.1 Å². The van der Waals surface area contributed by atoms with Gasteiger partial charge in [-0.2, -0.15) is 0 Å². The molecule has 0 aromatic carbocycles. The summed E-state index contributed by atoms with van der Waals surface area (Å²) in [6.45, 7) is 6.18. The fourth-order valence-electron chi connectivity index (χ4n) is 1.81. The Kier molecular flexibility index (Phi) is 5.42. The Labute approximate surface area is 135 Å². The minimum absolute atomic E-state index is 0.313. The van der Waals surface area contributed by atoms with Crippen LogP contribution in [0.3, 0.4) is 0 Å². The van der Waals surface area contributed by atoms with E-state index >= 15 is 0 Å². The van der Waals surface area contributed by atoms with Crippen molar-refractivity contribution in [3.63, 3.8) is 0 Å². The van der Waals surface area contributed by atoms with Gasteiger partial charge in [0.05, 0.1) is 11.9 Å². The number of rotatable bonds is 7. The van der Waals surface area contributed by atoms with E-state index in [9.17, 15) is 8.42 Å². The molecule has 120 valence electrons. The Balaban J connectivity index is 2.09. The molecule has 0 spiro atoms. The number of anilines is 2. The van der Waals surface area contributed by atoms with Gasteiger partial charge in [0.1, 0.15) is 10.0 Å². The van der Waals surface area contributed by atoms with E-state index in [1.807, 2.05) is 19.1 Å². The van der Waals surface area contributed by atoms with E-state index < -0.39 is 10.0 Å². The van der Waals surface area contributed by atoms with Gasteiger partial charge in [-0.25, -0.2) is 13.4 Å². The van der Waals surface area contributed by atoms with Gasteiger partial charge in [0.15, 0.2) is 0 Å². The van der Waals surface area contributed by atoms with Crippen LogP contribution in [0.25, 0.3) is 0 Å². The number of hydrogen-bond donors (Lipinski definition) is 2. The Bertz CT molecular complexity index is 709. The van der Waals surface area contributed by atoms with Gasteiger partial charge < -0.3 is 5.32 Å². The Morgan fingerprint density at radius 3 is 2.55 bits per heavy atom. The Morgan fingerprint density at radius 2 is 2.00 bits per heavy atom. The standard InChI is InChI=1S/C15H21N3O2S2/c1-4-11(3)17-12-6-8-14(16-10-12)18-22(19,20)15-9-7-13(5-2)21-15/h6-11,17H,4-5H2,1-3H3,(H,16,18). The number of thiophene rings is 1. The molecule has 2 N–H and O–H groups in total. The largest absolute Gasteiger partial charge is 0.381 e. The van der Waals surface area contributed by atoms with Crippen LogP contribution < -0.4 is 10.0 Å². The quantitative estimate of drug-likeness (QED) is 0.806. The van der Waals surface area contributed by atoms with Crippen molar-refractivity contribution in [3.05, 3.63) is 35.3 Å².